The van der Waals surface area contributed by atoms with Crippen LogP contribution in [0, 0.1) is 5.92 Å². The van der Waals surface area contributed by atoms with Gasteiger partial charge >= 0.3 is 11.2 Å². The molecule has 2 fully saturated rings. The van der Waals surface area contributed by atoms with Gasteiger partial charge in [-0.25, -0.2) is 0 Å². The first-order chi connectivity index (χ1) is 8.95. The van der Waals surface area contributed by atoms with Crippen LogP contribution in [0.25, 0.3) is 0 Å². The summed E-state index contributed by atoms with van der Waals surface area (Å²) in [5, 5.41) is -4.44. The van der Waals surface area contributed by atoms with Crippen LogP contribution in [0.1, 0.15) is 64.2 Å². The van der Waals surface area contributed by atoms with E-state index in [4.69, 9.17) is 0 Å². The van der Waals surface area contributed by atoms with Gasteiger partial charge in [0.25, 0.3) is 0 Å². The Bertz CT molecular complexity index is 293. The average molecular weight is 298 g/mol. The highest BCUT2D eigenvalue weighted by atomic mass is 32.2. The van der Waals surface area contributed by atoms with E-state index in [1.165, 1.54) is 6.42 Å². The Morgan fingerprint density at radius 2 is 1.16 bits per heavy atom. The molecule has 0 radical (unpaired) electrons. The summed E-state index contributed by atoms with van der Waals surface area (Å²) >= 11 is 0.226. The maximum absolute atomic E-state index is 13.8. The predicted molar refractivity (Wildman–Crippen MR) is 70.9 cm³/mol. The van der Waals surface area contributed by atoms with Crippen LogP contribution in [0.5, 0.6) is 0 Å². The summed E-state index contributed by atoms with van der Waals surface area (Å²) in [5.74, 6) is -4.96. The third-order valence-corrected chi connectivity index (χ3v) is 5.79. The van der Waals surface area contributed by atoms with Crippen LogP contribution in [-0.4, -0.2) is 16.4 Å². The number of thioether (sulfide) groups is 1. The molecule has 0 aromatic heterocycles. The fourth-order valence-corrected chi connectivity index (χ4v) is 4.64. The smallest absolute Gasteiger partial charge is 0.198 e. The monoisotopic (exact) mass is 298 g/mol. The van der Waals surface area contributed by atoms with E-state index in [0.717, 1.165) is 38.5 Å². The van der Waals surface area contributed by atoms with Crippen molar-refractivity contribution < 1.29 is 17.6 Å². The van der Waals surface area contributed by atoms with E-state index in [1.54, 1.807) is 0 Å². The van der Waals surface area contributed by atoms with E-state index in [1.807, 2.05) is 0 Å². The number of hydrogen-bond acceptors (Lipinski definition) is 1. The van der Waals surface area contributed by atoms with Gasteiger partial charge in [0.15, 0.2) is 0 Å². The molecule has 0 aromatic rings. The number of rotatable bonds is 0. The van der Waals surface area contributed by atoms with E-state index < -0.39 is 22.3 Å². The van der Waals surface area contributed by atoms with Crippen molar-refractivity contribution in [3.8, 4) is 0 Å². The first-order valence-electron chi connectivity index (χ1n) is 7.38. The molecule has 0 spiro atoms. The molecule has 19 heavy (non-hydrogen) atoms. The van der Waals surface area contributed by atoms with Crippen molar-refractivity contribution in [1.29, 1.82) is 0 Å². The molecule has 2 rings (SSSR count). The minimum atomic E-state index is -3.87. The number of halogens is 4. The first-order valence-corrected chi connectivity index (χ1v) is 8.26. The van der Waals surface area contributed by atoms with Gasteiger partial charge in [0.05, 0.1) is 0 Å². The highest BCUT2D eigenvalue weighted by Crippen LogP contribution is 2.60. The minimum absolute atomic E-state index is 0.226. The zero-order valence-electron chi connectivity index (χ0n) is 11.1. The third-order valence-electron chi connectivity index (χ3n) is 4.36. The Kier molecular flexibility index (Phi) is 5.07. The Morgan fingerprint density at radius 1 is 0.684 bits per heavy atom. The van der Waals surface area contributed by atoms with Crippen molar-refractivity contribution in [3.05, 3.63) is 0 Å². The molecule has 1 saturated heterocycles. The van der Waals surface area contributed by atoms with Gasteiger partial charge in [-0.2, -0.15) is 17.6 Å². The molecule has 1 heterocycles. The van der Waals surface area contributed by atoms with Crippen molar-refractivity contribution in [2.24, 2.45) is 5.92 Å². The highest BCUT2D eigenvalue weighted by Gasteiger charge is 2.69. The van der Waals surface area contributed by atoms with Crippen molar-refractivity contribution in [2.45, 2.75) is 80.6 Å². The molecule has 1 aliphatic heterocycles. The van der Waals surface area contributed by atoms with E-state index >= 15 is 0 Å². The second-order valence-electron chi connectivity index (χ2n) is 5.81. The average Bonchev–Trinajstić information content (AvgIpc) is 2.47. The van der Waals surface area contributed by atoms with Crippen LogP contribution >= 0.6 is 11.8 Å². The second kappa shape index (κ2) is 6.23. The fourth-order valence-electron chi connectivity index (χ4n) is 3.20. The van der Waals surface area contributed by atoms with Gasteiger partial charge in [-0.05, 0) is 12.8 Å². The summed E-state index contributed by atoms with van der Waals surface area (Å²) in [6.45, 7) is 0. The van der Waals surface area contributed by atoms with Crippen molar-refractivity contribution in [2.75, 3.05) is 0 Å². The van der Waals surface area contributed by atoms with E-state index in [-0.39, 0.29) is 18.2 Å². The SMILES string of the molecule is FC1(F)S[C@H]2CCCCCCCCCC[C@H]2C1(F)F. The lowest BCUT2D eigenvalue weighted by Crippen LogP contribution is -2.39. The van der Waals surface area contributed by atoms with Crippen LogP contribution in [0.4, 0.5) is 17.6 Å². The van der Waals surface area contributed by atoms with E-state index in [0.29, 0.717) is 12.8 Å². The maximum Gasteiger partial charge on any atom is 0.356 e. The normalized spacial score (nSPS) is 36.0. The lowest BCUT2D eigenvalue weighted by Gasteiger charge is -2.24. The summed E-state index contributed by atoms with van der Waals surface area (Å²) in [5.41, 5.74) is 0. The number of fused-ring (bicyclic) bond motifs is 1. The zero-order chi connectivity index (χ0) is 13.9. The highest BCUT2D eigenvalue weighted by molar-refractivity contribution is 8.01. The Labute approximate surface area is 116 Å². The molecule has 0 bridgehead atoms. The molecule has 0 unspecified atom stereocenters. The summed E-state index contributed by atoms with van der Waals surface area (Å²) in [4.78, 5) is 0. The van der Waals surface area contributed by atoms with Gasteiger partial charge in [-0.1, -0.05) is 63.1 Å². The van der Waals surface area contributed by atoms with Crippen LogP contribution in [0.3, 0.4) is 0 Å². The molecule has 112 valence electrons. The number of alkyl halides is 4. The lowest BCUT2D eigenvalue weighted by atomic mass is 9.88. The summed E-state index contributed by atoms with van der Waals surface area (Å²) in [6.07, 6.45) is 8.61. The molecular weight excluding hydrogens is 276 g/mol. The van der Waals surface area contributed by atoms with Crippen LogP contribution in [-0.2, 0) is 0 Å². The predicted octanol–water partition coefficient (Wildman–Crippen LogP) is 5.86. The Balaban J connectivity index is 2.04. The van der Waals surface area contributed by atoms with Crippen molar-refractivity contribution >= 4 is 11.8 Å². The lowest BCUT2D eigenvalue weighted by molar-refractivity contribution is -0.175. The molecule has 5 heteroatoms. The molecule has 1 saturated carbocycles. The summed E-state index contributed by atoms with van der Waals surface area (Å²) in [6, 6.07) is 0. The first kappa shape index (κ1) is 15.5. The molecular formula is C14H22F4S. The topological polar surface area (TPSA) is 0 Å². The van der Waals surface area contributed by atoms with Gasteiger partial charge < -0.3 is 0 Å². The van der Waals surface area contributed by atoms with Crippen LogP contribution in [0.15, 0.2) is 0 Å². The van der Waals surface area contributed by atoms with Gasteiger partial charge in [0.1, 0.15) is 0 Å². The molecule has 2 aliphatic rings. The molecule has 0 N–H and O–H groups in total. The largest absolute Gasteiger partial charge is 0.356 e. The van der Waals surface area contributed by atoms with Gasteiger partial charge in [-0.15, -0.1) is 0 Å². The van der Waals surface area contributed by atoms with E-state index in [9.17, 15) is 17.6 Å². The van der Waals surface area contributed by atoms with Gasteiger partial charge in [0.2, 0.25) is 0 Å². The summed E-state index contributed by atoms with van der Waals surface area (Å²) < 4.78 is 54.6. The quantitative estimate of drug-likeness (QED) is 0.505. The zero-order valence-corrected chi connectivity index (χ0v) is 12.0. The minimum Gasteiger partial charge on any atom is -0.198 e. The molecule has 0 nitrogen and oxygen atoms in total. The molecule has 1 aliphatic carbocycles. The fraction of sp³-hybridized carbons (Fsp3) is 1.00. The van der Waals surface area contributed by atoms with Crippen LogP contribution in [0.2, 0.25) is 0 Å². The molecule has 0 amide bonds. The van der Waals surface area contributed by atoms with E-state index in [2.05, 4.69) is 0 Å². The summed E-state index contributed by atoms with van der Waals surface area (Å²) in [7, 11) is 0. The van der Waals surface area contributed by atoms with Crippen molar-refractivity contribution in [1.82, 2.24) is 0 Å². The second-order valence-corrected chi connectivity index (χ2v) is 7.16. The van der Waals surface area contributed by atoms with Gasteiger partial charge in [0, 0.05) is 11.2 Å². The van der Waals surface area contributed by atoms with Crippen LogP contribution < -0.4 is 0 Å². The third kappa shape index (κ3) is 3.40. The number of hydrogen-bond donors (Lipinski definition) is 0. The Morgan fingerprint density at radius 3 is 1.74 bits per heavy atom. The maximum atomic E-state index is 13.8. The standard InChI is InChI=1S/C14H22F4S/c15-13(16)11-9-7-5-3-1-2-4-6-8-10-12(11)19-14(13,17)18/h11-12H,1-10H2/t11-,12+/m1/s1. The Hall–Kier alpha value is 0.0700. The van der Waals surface area contributed by atoms with Gasteiger partial charge in [-0.3, -0.25) is 0 Å². The van der Waals surface area contributed by atoms with Crippen molar-refractivity contribution in [3.63, 3.8) is 0 Å². The molecule has 2 atom stereocenters. The molecule has 0 aromatic carbocycles.